The molecule has 1 aliphatic rings. The van der Waals surface area contributed by atoms with Crippen LogP contribution in [0.3, 0.4) is 0 Å². The molecular weight excluding hydrogens is 251 g/mol. The van der Waals surface area contributed by atoms with E-state index < -0.39 is 0 Å². The SMILES string of the molecule is CC1CCCC(C)N1NCc1ccc(Cl)c(F)c1. The first-order valence-electron chi connectivity index (χ1n) is 6.53. The van der Waals surface area contributed by atoms with E-state index in [-0.39, 0.29) is 10.8 Å². The number of hydrogen-bond acceptors (Lipinski definition) is 2. The molecule has 1 heterocycles. The van der Waals surface area contributed by atoms with Gasteiger partial charge in [-0.25, -0.2) is 9.40 Å². The maximum atomic E-state index is 13.3. The molecular formula is C14H20ClFN2. The molecule has 4 heteroatoms. The number of nitrogens with one attached hydrogen (secondary N) is 1. The van der Waals surface area contributed by atoms with E-state index >= 15 is 0 Å². The summed E-state index contributed by atoms with van der Waals surface area (Å²) in [5, 5.41) is 2.47. The van der Waals surface area contributed by atoms with Crippen LogP contribution in [0.4, 0.5) is 4.39 Å². The summed E-state index contributed by atoms with van der Waals surface area (Å²) < 4.78 is 13.3. The van der Waals surface area contributed by atoms with Crippen molar-refractivity contribution in [2.75, 3.05) is 0 Å². The highest BCUT2D eigenvalue weighted by atomic mass is 35.5. The predicted octanol–water partition coefficient (Wildman–Crippen LogP) is 3.75. The Morgan fingerprint density at radius 2 is 2.00 bits per heavy atom. The van der Waals surface area contributed by atoms with E-state index in [1.54, 1.807) is 6.07 Å². The summed E-state index contributed by atoms with van der Waals surface area (Å²) in [6, 6.07) is 6.03. The quantitative estimate of drug-likeness (QED) is 0.900. The molecule has 1 aromatic rings. The number of piperidine rings is 1. The van der Waals surface area contributed by atoms with Crippen LogP contribution in [-0.2, 0) is 6.54 Å². The Morgan fingerprint density at radius 1 is 1.33 bits per heavy atom. The van der Waals surface area contributed by atoms with Crippen LogP contribution in [-0.4, -0.2) is 17.1 Å². The minimum atomic E-state index is -0.351. The maximum Gasteiger partial charge on any atom is 0.142 e. The number of halogens is 2. The van der Waals surface area contributed by atoms with Gasteiger partial charge in [-0.15, -0.1) is 0 Å². The highest BCUT2D eigenvalue weighted by molar-refractivity contribution is 6.30. The summed E-state index contributed by atoms with van der Waals surface area (Å²) >= 11 is 5.67. The lowest BCUT2D eigenvalue weighted by molar-refractivity contribution is 0.0435. The van der Waals surface area contributed by atoms with Crippen molar-refractivity contribution >= 4 is 11.6 Å². The molecule has 0 spiro atoms. The molecule has 2 rings (SSSR count). The molecule has 0 aromatic heterocycles. The third-order valence-corrected chi connectivity index (χ3v) is 3.95. The fourth-order valence-corrected chi connectivity index (χ4v) is 2.68. The zero-order valence-electron chi connectivity index (χ0n) is 10.9. The summed E-state index contributed by atoms with van der Waals surface area (Å²) in [6.45, 7) is 5.10. The first-order chi connectivity index (χ1) is 8.58. The van der Waals surface area contributed by atoms with E-state index in [2.05, 4.69) is 24.3 Å². The van der Waals surface area contributed by atoms with Gasteiger partial charge in [0.1, 0.15) is 5.82 Å². The Balaban J connectivity index is 1.95. The lowest BCUT2D eigenvalue weighted by Crippen LogP contribution is -2.51. The van der Waals surface area contributed by atoms with Gasteiger partial charge >= 0.3 is 0 Å². The summed E-state index contributed by atoms with van der Waals surface area (Å²) in [6.07, 6.45) is 3.72. The van der Waals surface area contributed by atoms with Crippen molar-refractivity contribution in [3.05, 3.63) is 34.6 Å². The third-order valence-electron chi connectivity index (χ3n) is 3.64. The molecule has 0 saturated carbocycles. The number of rotatable bonds is 3. The Hall–Kier alpha value is -0.640. The second-order valence-corrected chi connectivity index (χ2v) is 5.53. The fourth-order valence-electron chi connectivity index (χ4n) is 2.57. The van der Waals surface area contributed by atoms with Crippen LogP contribution < -0.4 is 5.43 Å². The lowest BCUT2D eigenvalue weighted by Gasteiger charge is -2.39. The summed E-state index contributed by atoms with van der Waals surface area (Å²) in [4.78, 5) is 0. The first-order valence-corrected chi connectivity index (χ1v) is 6.91. The molecule has 100 valence electrons. The molecule has 18 heavy (non-hydrogen) atoms. The number of hydrazine groups is 1. The average Bonchev–Trinajstić information content (AvgIpc) is 2.33. The van der Waals surface area contributed by atoms with Crippen molar-refractivity contribution in [2.45, 2.75) is 51.7 Å². The van der Waals surface area contributed by atoms with E-state index in [0.717, 1.165) is 5.56 Å². The first kappa shape index (κ1) is 13.8. The van der Waals surface area contributed by atoms with Gasteiger partial charge < -0.3 is 0 Å². The van der Waals surface area contributed by atoms with Crippen molar-refractivity contribution in [2.24, 2.45) is 0 Å². The topological polar surface area (TPSA) is 15.3 Å². The highest BCUT2D eigenvalue weighted by Gasteiger charge is 2.24. The molecule has 2 nitrogen and oxygen atoms in total. The summed E-state index contributed by atoms with van der Waals surface area (Å²) in [7, 11) is 0. The van der Waals surface area contributed by atoms with Crippen molar-refractivity contribution in [1.29, 1.82) is 0 Å². The van der Waals surface area contributed by atoms with E-state index in [1.807, 2.05) is 6.07 Å². The van der Waals surface area contributed by atoms with E-state index in [1.165, 1.54) is 25.3 Å². The Kier molecular flexibility index (Phi) is 4.60. The maximum absolute atomic E-state index is 13.3. The smallest absolute Gasteiger partial charge is 0.142 e. The molecule has 0 radical (unpaired) electrons. The van der Waals surface area contributed by atoms with Gasteiger partial charge in [0, 0.05) is 18.6 Å². The molecule has 1 aromatic carbocycles. The largest absolute Gasteiger partial charge is 0.250 e. The third kappa shape index (κ3) is 3.22. The van der Waals surface area contributed by atoms with Gasteiger partial charge in [-0.2, -0.15) is 0 Å². The van der Waals surface area contributed by atoms with E-state index in [0.29, 0.717) is 18.6 Å². The van der Waals surface area contributed by atoms with Crippen LogP contribution in [0.2, 0.25) is 5.02 Å². The molecule has 2 atom stereocenters. The Bertz CT molecular complexity index is 401. The molecule has 1 N–H and O–H groups in total. The normalized spacial score (nSPS) is 25.3. The average molecular weight is 271 g/mol. The standard InChI is InChI=1S/C14H20ClFN2/c1-10-4-3-5-11(2)18(10)17-9-12-6-7-13(15)14(16)8-12/h6-8,10-11,17H,3-5,9H2,1-2H3. The van der Waals surface area contributed by atoms with Crippen molar-refractivity contribution in [3.63, 3.8) is 0 Å². The lowest BCUT2D eigenvalue weighted by atomic mass is 10.00. The highest BCUT2D eigenvalue weighted by Crippen LogP contribution is 2.21. The van der Waals surface area contributed by atoms with E-state index in [9.17, 15) is 4.39 Å². The second-order valence-electron chi connectivity index (χ2n) is 5.12. The van der Waals surface area contributed by atoms with E-state index in [4.69, 9.17) is 11.6 Å². The predicted molar refractivity (Wildman–Crippen MR) is 72.9 cm³/mol. The minimum absolute atomic E-state index is 0.179. The van der Waals surface area contributed by atoms with Gasteiger partial charge in [-0.1, -0.05) is 24.1 Å². The van der Waals surface area contributed by atoms with Crippen LogP contribution in [0.15, 0.2) is 18.2 Å². The fraction of sp³-hybridized carbons (Fsp3) is 0.571. The number of benzene rings is 1. The molecule has 0 bridgehead atoms. The summed E-state index contributed by atoms with van der Waals surface area (Å²) in [5.74, 6) is -0.351. The van der Waals surface area contributed by atoms with Crippen LogP contribution in [0.5, 0.6) is 0 Å². The zero-order chi connectivity index (χ0) is 13.1. The van der Waals surface area contributed by atoms with Gasteiger partial charge in [-0.3, -0.25) is 5.43 Å². The van der Waals surface area contributed by atoms with Gasteiger partial charge in [0.05, 0.1) is 5.02 Å². The van der Waals surface area contributed by atoms with Crippen LogP contribution in [0.25, 0.3) is 0 Å². The Labute approximate surface area is 113 Å². The molecule has 1 fully saturated rings. The van der Waals surface area contributed by atoms with Crippen molar-refractivity contribution < 1.29 is 4.39 Å². The van der Waals surface area contributed by atoms with Crippen LogP contribution >= 0.6 is 11.6 Å². The summed E-state index contributed by atoms with van der Waals surface area (Å²) in [5.41, 5.74) is 4.33. The molecule has 0 amide bonds. The van der Waals surface area contributed by atoms with Gasteiger partial charge in [0.2, 0.25) is 0 Å². The Morgan fingerprint density at radius 3 is 2.61 bits per heavy atom. The second kappa shape index (κ2) is 6.00. The molecule has 1 aliphatic heterocycles. The van der Waals surface area contributed by atoms with Gasteiger partial charge in [0.15, 0.2) is 0 Å². The van der Waals surface area contributed by atoms with Crippen molar-refractivity contribution in [3.8, 4) is 0 Å². The van der Waals surface area contributed by atoms with Crippen LogP contribution in [0.1, 0.15) is 38.7 Å². The van der Waals surface area contributed by atoms with Crippen LogP contribution in [0, 0.1) is 5.82 Å². The minimum Gasteiger partial charge on any atom is -0.250 e. The van der Waals surface area contributed by atoms with Gasteiger partial charge in [-0.05, 0) is 44.4 Å². The zero-order valence-corrected chi connectivity index (χ0v) is 11.7. The number of hydrogen-bond donors (Lipinski definition) is 1. The molecule has 2 unspecified atom stereocenters. The van der Waals surface area contributed by atoms with Crippen molar-refractivity contribution in [1.82, 2.24) is 10.4 Å². The van der Waals surface area contributed by atoms with Gasteiger partial charge in [0.25, 0.3) is 0 Å². The molecule has 0 aliphatic carbocycles. The monoisotopic (exact) mass is 270 g/mol. The molecule has 1 saturated heterocycles. The number of nitrogens with zero attached hydrogens (tertiary/aromatic N) is 1.